The number of alkyl halides is 3. The molecule has 0 spiro atoms. The zero-order chi connectivity index (χ0) is 16.5. The number of halogens is 3. The normalized spacial score (nSPS) is 11.2. The molecule has 0 fully saturated rings. The van der Waals surface area contributed by atoms with Crippen LogP contribution in [0, 0.1) is 10.1 Å². The smallest absolute Gasteiger partial charge is 0.364 e. The Labute approximate surface area is 121 Å². The lowest BCUT2D eigenvalue weighted by Gasteiger charge is -2.12. The van der Waals surface area contributed by atoms with Gasteiger partial charge in [0.25, 0.3) is 5.91 Å². The van der Waals surface area contributed by atoms with E-state index in [4.69, 9.17) is 5.73 Å². The van der Waals surface area contributed by atoms with E-state index < -0.39 is 34.0 Å². The van der Waals surface area contributed by atoms with Crippen molar-refractivity contribution >= 4 is 11.6 Å². The first-order valence-electron chi connectivity index (χ1n) is 5.83. The maximum absolute atomic E-state index is 13.0. The Bertz CT molecular complexity index is 760. The van der Waals surface area contributed by atoms with Gasteiger partial charge < -0.3 is 5.73 Å². The summed E-state index contributed by atoms with van der Waals surface area (Å²) >= 11 is 0. The second-order valence-electron chi connectivity index (χ2n) is 4.23. The van der Waals surface area contributed by atoms with Crippen molar-refractivity contribution in [3.8, 4) is 11.3 Å². The standard InChI is InChI=1S/C13H8F3N3O3/c14-13(15,16)8-4-2-1-3-7(8)9-5-6-10(19(21)22)11(18-9)12(17)20/h1-6H,(H2,17,20). The van der Waals surface area contributed by atoms with Gasteiger partial charge >= 0.3 is 11.9 Å². The highest BCUT2D eigenvalue weighted by molar-refractivity contribution is 5.95. The third-order valence-corrected chi connectivity index (χ3v) is 2.81. The molecule has 0 radical (unpaired) electrons. The fraction of sp³-hybridized carbons (Fsp3) is 0.0769. The van der Waals surface area contributed by atoms with E-state index in [0.29, 0.717) is 0 Å². The van der Waals surface area contributed by atoms with E-state index in [0.717, 1.165) is 24.3 Å². The van der Waals surface area contributed by atoms with E-state index in [1.807, 2.05) is 0 Å². The molecule has 22 heavy (non-hydrogen) atoms. The summed E-state index contributed by atoms with van der Waals surface area (Å²) in [6.07, 6.45) is -4.63. The van der Waals surface area contributed by atoms with E-state index in [9.17, 15) is 28.1 Å². The molecule has 1 amide bonds. The molecule has 0 unspecified atom stereocenters. The number of nitrogens with two attached hydrogens (primary N) is 1. The number of carbonyl (C=O) groups excluding carboxylic acids is 1. The summed E-state index contributed by atoms with van der Waals surface area (Å²) in [5.74, 6) is -1.20. The number of aromatic nitrogens is 1. The minimum atomic E-state index is -4.63. The molecule has 1 heterocycles. The summed E-state index contributed by atoms with van der Waals surface area (Å²) in [6.45, 7) is 0. The Morgan fingerprint density at radius 1 is 1.18 bits per heavy atom. The summed E-state index contributed by atoms with van der Waals surface area (Å²) in [5.41, 5.74) is 2.14. The maximum Gasteiger partial charge on any atom is 0.417 e. The van der Waals surface area contributed by atoms with Crippen molar-refractivity contribution in [2.45, 2.75) is 6.18 Å². The number of pyridine rings is 1. The average molecular weight is 311 g/mol. The number of hydrogen-bond acceptors (Lipinski definition) is 4. The van der Waals surface area contributed by atoms with Crippen LogP contribution < -0.4 is 5.73 Å². The first-order chi connectivity index (χ1) is 10.2. The van der Waals surface area contributed by atoms with Gasteiger partial charge in [0.05, 0.1) is 16.2 Å². The molecular weight excluding hydrogens is 303 g/mol. The first kappa shape index (κ1) is 15.4. The Balaban J connectivity index is 2.68. The molecule has 1 aromatic heterocycles. The highest BCUT2D eigenvalue weighted by atomic mass is 19.4. The number of carbonyl (C=O) groups is 1. The van der Waals surface area contributed by atoms with Gasteiger partial charge in [-0.05, 0) is 12.1 Å². The summed E-state index contributed by atoms with van der Waals surface area (Å²) in [7, 11) is 0. The van der Waals surface area contributed by atoms with E-state index in [2.05, 4.69) is 4.98 Å². The lowest BCUT2D eigenvalue weighted by atomic mass is 10.0. The van der Waals surface area contributed by atoms with Gasteiger partial charge in [-0.2, -0.15) is 13.2 Å². The zero-order valence-electron chi connectivity index (χ0n) is 10.8. The fourth-order valence-electron chi connectivity index (χ4n) is 1.88. The molecule has 2 N–H and O–H groups in total. The lowest BCUT2D eigenvalue weighted by molar-refractivity contribution is -0.385. The Morgan fingerprint density at radius 2 is 1.82 bits per heavy atom. The minimum Gasteiger partial charge on any atom is -0.364 e. The molecule has 0 bridgehead atoms. The van der Waals surface area contributed by atoms with Gasteiger partial charge in [-0.1, -0.05) is 18.2 Å². The van der Waals surface area contributed by atoms with Gasteiger partial charge in [-0.15, -0.1) is 0 Å². The largest absolute Gasteiger partial charge is 0.417 e. The molecular formula is C13H8F3N3O3. The highest BCUT2D eigenvalue weighted by Crippen LogP contribution is 2.36. The van der Waals surface area contributed by atoms with Gasteiger partial charge in [0.15, 0.2) is 0 Å². The number of nitrogens with zero attached hydrogens (tertiary/aromatic N) is 2. The van der Waals surface area contributed by atoms with Gasteiger partial charge in [-0.25, -0.2) is 4.98 Å². The van der Waals surface area contributed by atoms with Crippen molar-refractivity contribution in [1.29, 1.82) is 0 Å². The van der Waals surface area contributed by atoms with Crippen LogP contribution in [-0.2, 0) is 6.18 Å². The summed E-state index contributed by atoms with van der Waals surface area (Å²) in [5, 5.41) is 10.8. The zero-order valence-corrected chi connectivity index (χ0v) is 10.8. The van der Waals surface area contributed by atoms with Gasteiger partial charge in [0, 0.05) is 11.6 Å². The molecule has 0 aliphatic rings. The molecule has 0 saturated heterocycles. The van der Waals surface area contributed by atoms with Crippen LogP contribution in [0.3, 0.4) is 0 Å². The summed E-state index contributed by atoms with van der Waals surface area (Å²) in [6, 6.07) is 6.50. The fourth-order valence-corrected chi connectivity index (χ4v) is 1.88. The predicted octanol–water partition coefficient (Wildman–Crippen LogP) is 2.77. The average Bonchev–Trinajstić information content (AvgIpc) is 2.45. The van der Waals surface area contributed by atoms with Crippen molar-refractivity contribution in [3.05, 3.63) is 57.8 Å². The summed E-state index contributed by atoms with van der Waals surface area (Å²) in [4.78, 5) is 24.7. The molecule has 0 aliphatic carbocycles. The van der Waals surface area contributed by atoms with Crippen LogP contribution in [-0.4, -0.2) is 15.8 Å². The number of hydrogen-bond donors (Lipinski definition) is 1. The highest BCUT2D eigenvalue weighted by Gasteiger charge is 2.34. The SMILES string of the molecule is NC(=O)c1nc(-c2ccccc2C(F)(F)F)ccc1[N+](=O)[O-]. The molecule has 114 valence electrons. The number of benzene rings is 1. The molecule has 2 aromatic rings. The number of amides is 1. The van der Waals surface area contributed by atoms with Crippen LogP contribution in [0.5, 0.6) is 0 Å². The second kappa shape index (κ2) is 5.43. The van der Waals surface area contributed by atoms with Gasteiger partial charge in [-0.3, -0.25) is 14.9 Å². The van der Waals surface area contributed by atoms with Crippen LogP contribution in [0.2, 0.25) is 0 Å². The predicted molar refractivity (Wildman–Crippen MR) is 69.8 cm³/mol. The van der Waals surface area contributed by atoms with Crippen molar-refractivity contribution in [3.63, 3.8) is 0 Å². The van der Waals surface area contributed by atoms with E-state index in [-0.39, 0.29) is 11.3 Å². The summed E-state index contributed by atoms with van der Waals surface area (Å²) < 4.78 is 38.9. The van der Waals surface area contributed by atoms with Crippen molar-refractivity contribution in [1.82, 2.24) is 4.98 Å². The van der Waals surface area contributed by atoms with E-state index in [1.165, 1.54) is 12.1 Å². The molecule has 9 heteroatoms. The molecule has 0 aliphatic heterocycles. The number of rotatable bonds is 3. The monoisotopic (exact) mass is 311 g/mol. The quantitative estimate of drug-likeness (QED) is 0.696. The molecule has 6 nitrogen and oxygen atoms in total. The van der Waals surface area contributed by atoms with Crippen LogP contribution in [0.25, 0.3) is 11.3 Å². The molecule has 0 atom stereocenters. The van der Waals surface area contributed by atoms with Gasteiger partial charge in [0.2, 0.25) is 5.69 Å². The molecule has 2 rings (SSSR count). The third kappa shape index (κ3) is 2.87. The Morgan fingerprint density at radius 3 is 2.36 bits per heavy atom. The lowest BCUT2D eigenvalue weighted by Crippen LogP contribution is -2.16. The van der Waals surface area contributed by atoms with Crippen molar-refractivity contribution < 1.29 is 22.9 Å². The molecule has 1 aromatic carbocycles. The number of nitro groups is 1. The third-order valence-electron chi connectivity index (χ3n) is 2.81. The van der Waals surface area contributed by atoms with Crippen molar-refractivity contribution in [2.24, 2.45) is 5.73 Å². The number of primary amides is 1. The topological polar surface area (TPSA) is 99.1 Å². The van der Waals surface area contributed by atoms with Crippen molar-refractivity contribution in [2.75, 3.05) is 0 Å². The minimum absolute atomic E-state index is 0.229. The van der Waals surface area contributed by atoms with Gasteiger partial charge in [0.1, 0.15) is 0 Å². The Hall–Kier alpha value is -2.97. The van der Waals surface area contributed by atoms with E-state index in [1.54, 1.807) is 0 Å². The first-order valence-corrected chi connectivity index (χ1v) is 5.83. The van der Waals surface area contributed by atoms with Crippen LogP contribution in [0.4, 0.5) is 18.9 Å². The van der Waals surface area contributed by atoms with Crippen LogP contribution in [0.15, 0.2) is 36.4 Å². The second-order valence-corrected chi connectivity index (χ2v) is 4.23. The maximum atomic E-state index is 13.0. The van der Waals surface area contributed by atoms with Crippen LogP contribution in [0.1, 0.15) is 16.1 Å². The van der Waals surface area contributed by atoms with Crippen LogP contribution >= 0.6 is 0 Å². The molecule has 0 saturated carbocycles. The van der Waals surface area contributed by atoms with E-state index >= 15 is 0 Å². The Kier molecular flexibility index (Phi) is 3.81.